The maximum absolute atomic E-state index is 11.9. The van der Waals surface area contributed by atoms with Gasteiger partial charge in [-0.1, -0.05) is 30.3 Å². The quantitative estimate of drug-likeness (QED) is 0.710. The molecule has 1 amide bonds. The van der Waals surface area contributed by atoms with Crippen LogP contribution in [0.4, 0.5) is 0 Å². The van der Waals surface area contributed by atoms with Crippen LogP contribution in [0.5, 0.6) is 0 Å². The highest BCUT2D eigenvalue weighted by Gasteiger charge is 2.11. The topological polar surface area (TPSA) is 58.4 Å². The highest BCUT2D eigenvalue weighted by Crippen LogP contribution is 2.02. The van der Waals surface area contributed by atoms with E-state index in [9.17, 15) is 4.79 Å². The number of nitrogens with zero attached hydrogens (tertiary/aromatic N) is 1. The molecule has 100 valence electrons. The number of carbonyl (C=O) groups excluding carboxylic acids is 1. The van der Waals surface area contributed by atoms with Crippen molar-refractivity contribution in [1.29, 1.82) is 0 Å². The van der Waals surface area contributed by atoms with Crippen molar-refractivity contribution in [2.24, 2.45) is 5.73 Å². The van der Waals surface area contributed by atoms with Crippen molar-refractivity contribution in [2.45, 2.75) is 12.8 Å². The third-order valence-electron chi connectivity index (χ3n) is 2.85. The third-order valence-corrected chi connectivity index (χ3v) is 2.85. The van der Waals surface area contributed by atoms with Gasteiger partial charge in [-0.25, -0.2) is 0 Å². The highest BCUT2D eigenvalue weighted by atomic mass is 16.2. The lowest BCUT2D eigenvalue weighted by Crippen LogP contribution is -2.38. The summed E-state index contributed by atoms with van der Waals surface area (Å²) in [6, 6.07) is 10.2. The Morgan fingerprint density at radius 3 is 2.61 bits per heavy atom. The Morgan fingerprint density at radius 1 is 1.28 bits per heavy atom. The Morgan fingerprint density at radius 2 is 2.00 bits per heavy atom. The standard InChI is InChI=1S/C14H23N3O/c1-16-10-7-14(18)17(12-9-15)11-8-13-5-3-2-4-6-13/h2-6,16H,7-12,15H2,1H3. The minimum absolute atomic E-state index is 0.172. The molecule has 0 saturated carbocycles. The van der Waals surface area contributed by atoms with Gasteiger partial charge in [-0.05, 0) is 19.0 Å². The smallest absolute Gasteiger partial charge is 0.223 e. The second kappa shape index (κ2) is 8.66. The molecule has 1 aromatic rings. The van der Waals surface area contributed by atoms with Gasteiger partial charge in [0.25, 0.3) is 0 Å². The van der Waals surface area contributed by atoms with E-state index in [1.165, 1.54) is 5.56 Å². The number of carbonyl (C=O) groups is 1. The summed E-state index contributed by atoms with van der Waals surface area (Å²) in [5, 5.41) is 2.99. The largest absolute Gasteiger partial charge is 0.341 e. The Kier molecular flexibility index (Phi) is 7.06. The maximum Gasteiger partial charge on any atom is 0.223 e. The van der Waals surface area contributed by atoms with Crippen LogP contribution in [0.2, 0.25) is 0 Å². The van der Waals surface area contributed by atoms with Crippen LogP contribution in [-0.2, 0) is 11.2 Å². The van der Waals surface area contributed by atoms with Gasteiger partial charge in [0.05, 0.1) is 0 Å². The number of amides is 1. The van der Waals surface area contributed by atoms with Gasteiger partial charge in [-0.2, -0.15) is 0 Å². The second-order valence-corrected chi connectivity index (χ2v) is 4.26. The van der Waals surface area contributed by atoms with Crippen LogP contribution in [0.3, 0.4) is 0 Å². The first kappa shape index (κ1) is 14.7. The lowest BCUT2D eigenvalue weighted by molar-refractivity contribution is -0.131. The molecule has 1 rings (SSSR count). The fourth-order valence-electron chi connectivity index (χ4n) is 1.82. The molecule has 0 atom stereocenters. The number of benzene rings is 1. The minimum Gasteiger partial charge on any atom is -0.341 e. The molecule has 0 fully saturated rings. The Labute approximate surface area is 109 Å². The van der Waals surface area contributed by atoms with Gasteiger partial charge < -0.3 is 16.0 Å². The monoisotopic (exact) mass is 249 g/mol. The van der Waals surface area contributed by atoms with E-state index >= 15 is 0 Å². The lowest BCUT2D eigenvalue weighted by Gasteiger charge is -2.22. The molecule has 0 unspecified atom stereocenters. The van der Waals surface area contributed by atoms with Gasteiger partial charge in [0.1, 0.15) is 0 Å². The van der Waals surface area contributed by atoms with Gasteiger partial charge in [0.2, 0.25) is 5.91 Å². The Hall–Kier alpha value is -1.39. The van der Waals surface area contributed by atoms with Crippen LogP contribution >= 0.6 is 0 Å². The normalized spacial score (nSPS) is 10.3. The molecule has 0 radical (unpaired) electrons. The summed E-state index contributed by atoms with van der Waals surface area (Å²) in [5.74, 6) is 0.172. The fourth-order valence-corrected chi connectivity index (χ4v) is 1.82. The van der Waals surface area contributed by atoms with Crippen LogP contribution in [-0.4, -0.2) is 44.0 Å². The zero-order valence-electron chi connectivity index (χ0n) is 11.1. The molecule has 0 saturated heterocycles. The van der Waals surface area contributed by atoms with E-state index in [0.29, 0.717) is 26.1 Å². The molecule has 0 bridgehead atoms. The minimum atomic E-state index is 0.172. The summed E-state index contributed by atoms with van der Waals surface area (Å²) >= 11 is 0. The van der Waals surface area contributed by atoms with Crippen molar-refractivity contribution in [2.75, 3.05) is 33.2 Å². The van der Waals surface area contributed by atoms with Gasteiger partial charge in [0, 0.05) is 32.6 Å². The fraction of sp³-hybridized carbons (Fsp3) is 0.500. The van der Waals surface area contributed by atoms with Crippen molar-refractivity contribution in [1.82, 2.24) is 10.2 Å². The van der Waals surface area contributed by atoms with Crippen LogP contribution in [0.25, 0.3) is 0 Å². The van der Waals surface area contributed by atoms with E-state index in [2.05, 4.69) is 17.4 Å². The number of nitrogens with two attached hydrogens (primary N) is 1. The first-order valence-corrected chi connectivity index (χ1v) is 6.44. The zero-order chi connectivity index (χ0) is 13.2. The second-order valence-electron chi connectivity index (χ2n) is 4.26. The molecule has 18 heavy (non-hydrogen) atoms. The van der Waals surface area contributed by atoms with Crippen LogP contribution in [0.1, 0.15) is 12.0 Å². The number of nitrogens with one attached hydrogen (secondary N) is 1. The van der Waals surface area contributed by atoms with E-state index in [1.807, 2.05) is 30.1 Å². The predicted molar refractivity (Wildman–Crippen MR) is 74.3 cm³/mol. The van der Waals surface area contributed by atoms with Gasteiger partial charge in [0.15, 0.2) is 0 Å². The van der Waals surface area contributed by atoms with Crippen molar-refractivity contribution >= 4 is 5.91 Å². The molecule has 0 aliphatic carbocycles. The van der Waals surface area contributed by atoms with Gasteiger partial charge >= 0.3 is 0 Å². The number of hydrogen-bond acceptors (Lipinski definition) is 3. The Balaban J connectivity index is 2.44. The molecule has 1 aromatic carbocycles. The average molecular weight is 249 g/mol. The number of rotatable bonds is 8. The summed E-state index contributed by atoms with van der Waals surface area (Å²) in [6.07, 6.45) is 1.41. The molecule has 0 spiro atoms. The molecule has 4 heteroatoms. The van der Waals surface area contributed by atoms with Crippen LogP contribution in [0, 0.1) is 0 Å². The van der Waals surface area contributed by atoms with Crippen molar-refractivity contribution in [3.05, 3.63) is 35.9 Å². The van der Waals surface area contributed by atoms with Gasteiger partial charge in [-0.3, -0.25) is 4.79 Å². The summed E-state index contributed by atoms with van der Waals surface area (Å²) < 4.78 is 0. The predicted octanol–water partition coefficient (Wildman–Crippen LogP) is 0.626. The van der Waals surface area contributed by atoms with Crippen molar-refractivity contribution in [3.63, 3.8) is 0 Å². The zero-order valence-corrected chi connectivity index (χ0v) is 11.1. The summed E-state index contributed by atoms with van der Waals surface area (Å²) in [4.78, 5) is 13.8. The Bertz CT molecular complexity index is 340. The lowest BCUT2D eigenvalue weighted by atomic mass is 10.1. The number of hydrogen-bond donors (Lipinski definition) is 2. The van der Waals surface area contributed by atoms with Crippen molar-refractivity contribution < 1.29 is 4.79 Å². The van der Waals surface area contributed by atoms with E-state index < -0.39 is 0 Å². The summed E-state index contributed by atoms with van der Waals surface area (Å²) in [5.41, 5.74) is 6.81. The van der Waals surface area contributed by atoms with Gasteiger partial charge in [-0.15, -0.1) is 0 Å². The summed E-state index contributed by atoms with van der Waals surface area (Å²) in [6.45, 7) is 2.60. The van der Waals surface area contributed by atoms with Crippen LogP contribution in [0.15, 0.2) is 30.3 Å². The highest BCUT2D eigenvalue weighted by molar-refractivity contribution is 5.76. The maximum atomic E-state index is 11.9. The van der Waals surface area contributed by atoms with E-state index in [1.54, 1.807) is 0 Å². The summed E-state index contributed by atoms with van der Waals surface area (Å²) in [7, 11) is 1.85. The first-order chi connectivity index (χ1) is 8.77. The molecule has 0 aliphatic heterocycles. The third kappa shape index (κ3) is 5.29. The molecular weight excluding hydrogens is 226 g/mol. The SMILES string of the molecule is CNCCC(=O)N(CCN)CCc1ccccc1. The van der Waals surface area contributed by atoms with Crippen molar-refractivity contribution in [3.8, 4) is 0 Å². The average Bonchev–Trinajstić information content (AvgIpc) is 2.42. The molecule has 3 N–H and O–H groups in total. The molecule has 0 heterocycles. The molecular formula is C14H23N3O. The van der Waals surface area contributed by atoms with E-state index in [-0.39, 0.29) is 5.91 Å². The molecule has 0 aromatic heterocycles. The van der Waals surface area contributed by atoms with Crippen LogP contribution < -0.4 is 11.1 Å². The van der Waals surface area contributed by atoms with E-state index in [0.717, 1.165) is 13.0 Å². The van der Waals surface area contributed by atoms with E-state index in [4.69, 9.17) is 5.73 Å². The first-order valence-electron chi connectivity index (χ1n) is 6.44. The molecule has 4 nitrogen and oxygen atoms in total. The molecule has 0 aliphatic rings.